The molecule has 4 atom stereocenters. The number of phenolic OH excluding ortho intramolecular Hbond substituents is 1. The van der Waals surface area contributed by atoms with E-state index in [1.807, 2.05) is 25.1 Å². The summed E-state index contributed by atoms with van der Waals surface area (Å²) in [6.45, 7) is 0.902. The number of aromatic nitrogens is 5. The van der Waals surface area contributed by atoms with E-state index in [0.717, 1.165) is 19.4 Å². The maximum absolute atomic E-state index is 15.2. The summed E-state index contributed by atoms with van der Waals surface area (Å²) in [6.07, 6.45) is 2.37. The van der Waals surface area contributed by atoms with E-state index in [-0.39, 0.29) is 29.8 Å². The second-order valence-corrected chi connectivity index (χ2v) is 8.69. The molecule has 4 heterocycles. The number of rotatable bonds is 5. The number of piperidine rings is 2. The number of fused-ring (bicyclic) bond motifs is 3. The number of aromatic hydroxyl groups is 1. The van der Waals surface area contributed by atoms with Crippen molar-refractivity contribution in [2.75, 3.05) is 32.6 Å². The molecule has 2 aliphatic heterocycles. The Kier molecular flexibility index (Phi) is 5.53. The minimum absolute atomic E-state index is 0.0266. The lowest BCUT2D eigenvalue weighted by Gasteiger charge is -2.52. The number of phenols is 1. The van der Waals surface area contributed by atoms with Gasteiger partial charge in [-0.25, -0.2) is 9.37 Å². The highest BCUT2D eigenvalue weighted by molar-refractivity contribution is 5.72. The Bertz CT molecular complexity index is 1140. The van der Waals surface area contributed by atoms with Crippen molar-refractivity contribution in [2.45, 2.75) is 31.1 Å². The minimum Gasteiger partial charge on any atom is -0.507 e. The largest absolute Gasteiger partial charge is 0.507 e. The first-order chi connectivity index (χ1) is 16.0. The van der Waals surface area contributed by atoms with Crippen LogP contribution < -0.4 is 9.64 Å². The molecule has 0 unspecified atom stereocenters. The summed E-state index contributed by atoms with van der Waals surface area (Å²) in [5.74, 6) is 1.31. The van der Waals surface area contributed by atoms with Crippen LogP contribution in [-0.4, -0.2) is 81.2 Å². The molecule has 1 aromatic carbocycles. The molecule has 9 nitrogen and oxygen atoms in total. The summed E-state index contributed by atoms with van der Waals surface area (Å²) in [5.41, 5.74) is 1.67. The zero-order valence-corrected chi connectivity index (χ0v) is 18.8. The van der Waals surface area contributed by atoms with E-state index in [1.54, 1.807) is 24.3 Å². The molecule has 2 aromatic heterocycles. The molecule has 172 valence electrons. The van der Waals surface area contributed by atoms with Crippen LogP contribution in [0.25, 0.3) is 22.6 Å². The van der Waals surface area contributed by atoms with Crippen molar-refractivity contribution in [2.24, 2.45) is 5.92 Å². The van der Waals surface area contributed by atoms with Crippen LogP contribution in [0.3, 0.4) is 0 Å². The topological polar surface area (TPSA) is 100 Å². The number of methoxy groups -OCH3 is 1. The van der Waals surface area contributed by atoms with Crippen molar-refractivity contribution in [3.05, 3.63) is 36.7 Å². The monoisotopic (exact) mass is 451 g/mol. The van der Waals surface area contributed by atoms with Crippen LogP contribution in [0.5, 0.6) is 11.8 Å². The third kappa shape index (κ3) is 3.84. The fourth-order valence-corrected chi connectivity index (χ4v) is 5.12. The second-order valence-electron chi connectivity index (χ2n) is 8.69. The van der Waals surface area contributed by atoms with E-state index in [2.05, 4.69) is 30.0 Å². The lowest BCUT2D eigenvalue weighted by atomic mass is 9.74. The molecule has 0 radical (unpaired) electrons. The van der Waals surface area contributed by atoms with Crippen molar-refractivity contribution in [1.29, 1.82) is 0 Å². The van der Waals surface area contributed by atoms with Gasteiger partial charge in [0.05, 0.1) is 18.8 Å². The van der Waals surface area contributed by atoms with Gasteiger partial charge < -0.3 is 19.6 Å². The molecule has 3 aromatic rings. The smallest absolute Gasteiger partial charge is 0.319 e. The zero-order valence-electron chi connectivity index (χ0n) is 18.8. The third-order valence-corrected chi connectivity index (χ3v) is 6.82. The molecule has 3 fully saturated rings. The molecule has 1 saturated carbocycles. The summed E-state index contributed by atoms with van der Waals surface area (Å²) in [4.78, 5) is 16.3. The fourth-order valence-electron chi connectivity index (χ4n) is 5.12. The van der Waals surface area contributed by atoms with E-state index in [1.165, 1.54) is 13.4 Å². The number of hydrogen-bond acceptors (Lipinski definition) is 9. The van der Waals surface area contributed by atoms with Crippen LogP contribution in [0.1, 0.15) is 12.8 Å². The van der Waals surface area contributed by atoms with Gasteiger partial charge >= 0.3 is 6.01 Å². The van der Waals surface area contributed by atoms with Crippen molar-refractivity contribution >= 4 is 5.82 Å². The number of nitrogens with zero attached hydrogens (tertiary/aromatic N) is 7. The number of anilines is 1. The number of hydrogen-bond donors (Lipinski definition) is 1. The van der Waals surface area contributed by atoms with Crippen LogP contribution in [0, 0.1) is 5.92 Å². The zero-order chi connectivity index (χ0) is 23.1. The maximum Gasteiger partial charge on any atom is 0.319 e. The Morgan fingerprint density at radius 3 is 2.67 bits per heavy atom. The lowest BCUT2D eigenvalue weighted by molar-refractivity contribution is -0.0177. The van der Waals surface area contributed by atoms with Gasteiger partial charge in [0.1, 0.15) is 18.2 Å². The van der Waals surface area contributed by atoms with E-state index in [0.29, 0.717) is 28.5 Å². The molecule has 0 amide bonds. The Morgan fingerprint density at radius 2 is 2.00 bits per heavy atom. The molecule has 2 saturated heterocycles. The van der Waals surface area contributed by atoms with Gasteiger partial charge in [0, 0.05) is 30.8 Å². The lowest BCUT2D eigenvalue weighted by Crippen LogP contribution is -2.64. The SMILES string of the molecule is COc1ncnc(-c2ccc(-c3ccc(N(C)[C@@H]4[C@H]5CC[C@H]([C@H]4F)N(C)C5)nn3)c(O)c2)n1. The molecule has 0 spiro atoms. The third-order valence-electron chi connectivity index (χ3n) is 6.82. The molecule has 2 bridgehead atoms. The highest BCUT2D eigenvalue weighted by atomic mass is 19.1. The van der Waals surface area contributed by atoms with Gasteiger partial charge in [0.2, 0.25) is 0 Å². The van der Waals surface area contributed by atoms with Crippen LogP contribution >= 0.6 is 0 Å². The first-order valence-corrected chi connectivity index (χ1v) is 10.9. The second kappa shape index (κ2) is 8.51. The average Bonchev–Trinajstić information content (AvgIpc) is 2.84. The number of benzene rings is 1. The molecule has 6 rings (SSSR count). The quantitative estimate of drug-likeness (QED) is 0.627. The first-order valence-electron chi connectivity index (χ1n) is 10.9. The van der Waals surface area contributed by atoms with Gasteiger partial charge in [0.25, 0.3) is 0 Å². The number of alkyl halides is 1. The van der Waals surface area contributed by atoms with Gasteiger partial charge in [-0.1, -0.05) is 6.07 Å². The van der Waals surface area contributed by atoms with Crippen LogP contribution in [-0.2, 0) is 0 Å². The van der Waals surface area contributed by atoms with Gasteiger partial charge in [-0.2, -0.15) is 9.97 Å². The highest BCUT2D eigenvalue weighted by Crippen LogP contribution is 2.40. The van der Waals surface area contributed by atoms with Crippen LogP contribution in [0.4, 0.5) is 10.2 Å². The Balaban J connectivity index is 1.36. The molecule has 1 N–H and O–H groups in total. The van der Waals surface area contributed by atoms with Crippen molar-refractivity contribution in [3.63, 3.8) is 0 Å². The van der Waals surface area contributed by atoms with Crippen molar-refractivity contribution < 1.29 is 14.2 Å². The fraction of sp³-hybridized carbons (Fsp3) is 0.435. The van der Waals surface area contributed by atoms with E-state index < -0.39 is 6.17 Å². The number of halogens is 1. The maximum atomic E-state index is 15.2. The molecule has 10 heteroatoms. The summed E-state index contributed by atoms with van der Waals surface area (Å²) < 4.78 is 20.2. The Hall–Kier alpha value is -3.40. The van der Waals surface area contributed by atoms with E-state index in [9.17, 15) is 5.11 Å². The van der Waals surface area contributed by atoms with E-state index >= 15 is 4.39 Å². The van der Waals surface area contributed by atoms with Gasteiger partial charge in [-0.15, -0.1) is 10.2 Å². The van der Waals surface area contributed by atoms with Gasteiger partial charge in [0.15, 0.2) is 11.6 Å². The summed E-state index contributed by atoms with van der Waals surface area (Å²) in [6, 6.07) is 8.67. The normalized spacial score (nSPS) is 24.6. The van der Waals surface area contributed by atoms with Crippen molar-refractivity contribution in [3.8, 4) is 34.4 Å². The van der Waals surface area contributed by atoms with E-state index in [4.69, 9.17) is 4.74 Å². The Morgan fingerprint density at radius 1 is 1.15 bits per heavy atom. The van der Waals surface area contributed by atoms with Gasteiger partial charge in [-0.3, -0.25) is 0 Å². The molecular weight excluding hydrogens is 425 g/mol. The van der Waals surface area contributed by atoms with Crippen LogP contribution in [0.2, 0.25) is 0 Å². The molecule has 1 aliphatic carbocycles. The molecular formula is C23H26FN7O2. The summed E-state index contributed by atoms with van der Waals surface area (Å²) >= 11 is 0. The average molecular weight is 452 g/mol. The first kappa shape index (κ1) is 21.4. The van der Waals surface area contributed by atoms with Crippen molar-refractivity contribution in [1.82, 2.24) is 30.0 Å². The van der Waals surface area contributed by atoms with Gasteiger partial charge in [-0.05, 0) is 50.1 Å². The molecule has 3 aliphatic rings. The predicted molar refractivity (Wildman–Crippen MR) is 121 cm³/mol. The number of ether oxygens (including phenoxy) is 1. The molecule has 33 heavy (non-hydrogen) atoms. The van der Waals surface area contributed by atoms with Crippen LogP contribution in [0.15, 0.2) is 36.7 Å². The predicted octanol–water partition coefficient (Wildman–Crippen LogP) is 2.58. The summed E-state index contributed by atoms with van der Waals surface area (Å²) in [5, 5.41) is 19.3. The standard InChI is InChI=1S/C23H26FN7O2/c1-30-11-14-5-8-17(30)20(24)21(14)31(2)19-9-7-16(28-29-19)15-6-4-13(10-18(15)32)22-25-12-26-23(27-22)33-3/h4,6-7,9-10,12,14,17,20-21,32H,5,8,11H2,1-3H3/t14-,17+,20+,21+/m0/s1. The Labute approximate surface area is 191 Å². The summed E-state index contributed by atoms with van der Waals surface area (Å²) in [7, 11) is 5.37. The highest BCUT2D eigenvalue weighted by Gasteiger charge is 2.48. The minimum atomic E-state index is -0.917.